The number of benzene rings is 1. The number of nitrogens with zero attached hydrogens (tertiary/aromatic N) is 5. The van der Waals surface area contributed by atoms with Crippen LogP contribution in [-0.4, -0.2) is 37.6 Å². The van der Waals surface area contributed by atoms with E-state index >= 15 is 0 Å². The van der Waals surface area contributed by atoms with Gasteiger partial charge in [0.25, 0.3) is 5.78 Å². The third-order valence-electron chi connectivity index (χ3n) is 4.74. The third-order valence-corrected chi connectivity index (χ3v) is 5.59. The molecular formula is C18H19BrClN5. The summed E-state index contributed by atoms with van der Waals surface area (Å²) in [4.78, 5) is 11.2. The van der Waals surface area contributed by atoms with Crippen LogP contribution in [0.3, 0.4) is 0 Å². The molecule has 5 nitrogen and oxygen atoms in total. The van der Waals surface area contributed by atoms with Crippen LogP contribution in [0.15, 0.2) is 35.1 Å². The van der Waals surface area contributed by atoms with Crippen LogP contribution in [0.25, 0.3) is 5.78 Å². The van der Waals surface area contributed by atoms with Crippen LogP contribution in [0.2, 0.25) is 5.02 Å². The highest BCUT2D eigenvalue weighted by Crippen LogP contribution is 2.29. The Balaban J connectivity index is 1.57. The summed E-state index contributed by atoms with van der Waals surface area (Å²) in [5, 5.41) is 5.18. The van der Waals surface area contributed by atoms with E-state index in [4.69, 9.17) is 11.6 Å². The van der Waals surface area contributed by atoms with E-state index in [0.29, 0.717) is 11.7 Å². The Bertz CT molecular complexity index is 910. The maximum Gasteiger partial charge on any atom is 0.252 e. The molecule has 0 amide bonds. The van der Waals surface area contributed by atoms with Crippen molar-refractivity contribution in [3.8, 4) is 0 Å². The number of piperidine rings is 1. The molecule has 0 N–H and O–H groups in total. The zero-order chi connectivity index (χ0) is 17.4. The van der Waals surface area contributed by atoms with E-state index in [2.05, 4.69) is 48.0 Å². The van der Waals surface area contributed by atoms with Gasteiger partial charge in [-0.1, -0.05) is 33.6 Å². The lowest BCUT2D eigenvalue weighted by Crippen LogP contribution is -2.34. The van der Waals surface area contributed by atoms with Crippen LogP contribution in [-0.2, 0) is 6.54 Å². The highest BCUT2D eigenvalue weighted by Gasteiger charge is 2.24. The van der Waals surface area contributed by atoms with Crippen molar-refractivity contribution in [2.24, 2.45) is 0 Å². The first-order valence-electron chi connectivity index (χ1n) is 8.44. The first kappa shape index (κ1) is 16.9. The molecule has 1 aliphatic rings. The Morgan fingerprint density at radius 3 is 3.04 bits per heavy atom. The topological polar surface area (TPSA) is 46.3 Å². The van der Waals surface area contributed by atoms with Gasteiger partial charge < -0.3 is 0 Å². The fourth-order valence-electron chi connectivity index (χ4n) is 3.58. The van der Waals surface area contributed by atoms with Gasteiger partial charge in [-0.3, -0.25) is 4.90 Å². The number of rotatable bonds is 3. The molecule has 3 aromatic rings. The number of halogens is 2. The molecule has 1 aromatic carbocycles. The zero-order valence-corrected chi connectivity index (χ0v) is 16.3. The van der Waals surface area contributed by atoms with Crippen molar-refractivity contribution in [2.45, 2.75) is 32.2 Å². The Labute approximate surface area is 160 Å². The highest BCUT2D eigenvalue weighted by atomic mass is 79.9. The number of aromatic nitrogens is 4. The molecular weight excluding hydrogens is 402 g/mol. The van der Waals surface area contributed by atoms with Gasteiger partial charge in [-0.15, -0.1) is 0 Å². The van der Waals surface area contributed by atoms with Gasteiger partial charge >= 0.3 is 0 Å². The molecule has 1 fully saturated rings. The molecule has 1 aliphatic heterocycles. The summed E-state index contributed by atoms with van der Waals surface area (Å²) in [7, 11) is 0. The summed E-state index contributed by atoms with van der Waals surface area (Å²) in [6.45, 7) is 4.96. The van der Waals surface area contributed by atoms with Gasteiger partial charge in [-0.05, 0) is 50.1 Å². The number of likely N-dealkylation sites (tertiary alicyclic amines) is 1. The Kier molecular flexibility index (Phi) is 4.75. The van der Waals surface area contributed by atoms with E-state index in [0.717, 1.165) is 47.7 Å². The molecule has 1 atom stereocenters. The number of fused-ring (bicyclic) bond motifs is 1. The van der Waals surface area contributed by atoms with Crippen molar-refractivity contribution in [1.29, 1.82) is 0 Å². The summed E-state index contributed by atoms with van der Waals surface area (Å²) >= 11 is 9.87. The monoisotopic (exact) mass is 419 g/mol. The largest absolute Gasteiger partial charge is 0.298 e. The molecule has 7 heteroatoms. The minimum atomic E-state index is 0.425. The van der Waals surface area contributed by atoms with Gasteiger partial charge in [0, 0.05) is 34.2 Å². The summed E-state index contributed by atoms with van der Waals surface area (Å²) in [5.41, 5.74) is 3.36. The lowest BCUT2D eigenvalue weighted by Gasteiger charge is -2.33. The second kappa shape index (κ2) is 7.02. The normalized spacial score (nSPS) is 18.8. The molecule has 1 saturated heterocycles. The summed E-state index contributed by atoms with van der Waals surface area (Å²) < 4.78 is 2.90. The average Bonchev–Trinajstić information content (AvgIpc) is 3.05. The minimum absolute atomic E-state index is 0.425. The van der Waals surface area contributed by atoms with E-state index < -0.39 is 0 Å². The fourth-order valence-corrected chi connectivity index (χ4v) is 4.31. The molecule has 0 aliphatic carbocycles. The Morgan fingerprint density at radius 2 is 2.20 bits per heavy atom. The third kappa shape index (κ3) is 3.57. The van der Waals surface area contributed by atoms with Gasteiger partial charge in [-0.25, -0.2) is 9.50 Å². The molecule has 2 aromatic heterocycles. The molecule has 0 radical (unpaired) electrons. The first-order chi connectivity index (χ1) is 12.1. The van der Waals surface area contributed by atoms with Crippen LogP contribution in [0, 0.1) is 6.92 Å². The number of hydrogen-bond acceptors (Lipinski definition) is 4. The smallest absolute Gasteiger partial charge is 0.252 e. The number of hydrogen-bond donors (Lipinski definition) is 0. The second-order valence-electron chi connectivity index (χ2n) is 6.60. The van der Waals surface area contributed by atoms with Gasteiger partial charge in [0.1, 0.15) is 6.33 Å². The number of aryl methyl sites for hydroxylation is 1. The van der Waals surface area contributed by atoms with Crippen LogP contribution < -0.4 is 0 Å². The molecule has 1 unspecified atom stereocenters. The lowest BCUT2D eigenvalue weighted by atomic mass is 9.93. The highest BCUT2D eigenvalue weighted by molar-refractivity contribution is 9.10. The van der Waals surface area contributed by atoms with Crippen molar-refractivity contribution in [3.05, 3.63) is 57.0 Å². The fraction of sp³-hybridized carbons (Fsp3) is 0.389. The second-order valence-corrected chi connectivity index (χ2v) is 7.93. The van der Waals surface area contributed by atoms with Gasteiger partial charge in [0.2, 0.25) is 0 Å². The SMILES string of the molecule is Cc1cc(C2CCCN(Cc3ccc(Br)cc3Cl)C2)n2ncnc2n1. The molecule has 4 rings (SSSR count). The summed E-state index contributed by atoms with van der Waals surface area (Å²) in [6, 6.07) is 8.25. The summed E-state index contributed by atoms with van der Waals surface area (Å²) in [5.74, 6) is 1.11. The van der Waals surface area contributed by atoms with E-state index in [9.17, 15) is 0 Å². The van der Waals surface area contributed by atoms with Crippen LogP contribution >= 0.6 is 27.5 Å². The Morgan fingerprint density at radius 1 is 1.32 bits per heavy atom. The summed E-state index contributed by atoms with van der Waals surface area (Å²) in [6.07, 6.45) is 3.90. The minimum Gasteiger partial charge on any atom is -0.298 e. The molecule has 3 heterocycles. The van der Waals surface area contributed by atoms with Gasteiger partial charge in [0.15, 0.2) is 0 Å². The molecule has 0 spiro atoms. The van der Waals surface area contributed by atoms with Crippen LogP contribution in [0.4, 0.5) is 0 Å². The predicted molar refractivity (Wildman–Crippen MR) is 102 cm³/mol. The maximum atomic E-state index is 6.40. The Hall–Kier alpha value is -1.50. The van der Waals surface area contributed by atoms with E-state index in [1.807, 2.05) is 23.6 Å². The zero-order valence-electron chi connectivity index (χ0n) is 14.0. The predicted octanol–water partition coefficient (Wildman–Crippen LogP) is 4.23. The van der Waals surface area contributed by atoms with Crippen LogP contribution in [0.5, 0.6) is 0 Å². The average molecular weight is 421 g/mol. The molecule has 0 saturated carbocycles. The van der Waals surface area contributed by atoms with Crippen molar-refractivity contribution < 1.29 is 0 Å². The van der Waals surface area contributed by atoms with Crippen molar-refractivity contribution >= 4 is 33.3 Å². The molecule has 0 bridgehead atoms. The molecule has 130 valence electrons. The molecule has 25 heavy (non-hydrogen) atoms. The van der Waals surface area contributed by atoms with Gasteiger partial charge in [0.05, 0.1) is 5.69 Å². The van der Waals surface area contributed by atoms with Crippen molar-refractivity contribution in [3.63, 3.8) is 0 Å². The standard InChI is InChI=1S/C18H19BrClN5/c1-12-7-17(25-18(23-12)21-11-22-25)14-3-2-6-24(10-14)9-13-4-5-15(19)8-16(13)20/h4-5,7-8,11,14H,2-3,6,9-10H2,1H3. The van der Waals surface area contributed by atoms with E-state index in [1.54, 1.807) is 6.33 Å². The maximum absolute atomic E-state index is 6.40. The van der Waals surface area contributed by atoms with Crippen molar-refractivity contribution in [2.75, 3.05) is 13.1 Å². The van der Waals surface area contributed by atoms with Crippen molar-refractivity contribution in [1.82, 2.24) is 24.5 Å². The first-order valence-corrected chi connectivity index (χ1v) is 9.61. The van der Waals surface area contributed by atoms with E-state index in [1.165, 1.54) is 11.3 Å². The van der Waals surface area contributed by atoms with Crippen LogP contribution in [0.1, 0.15) is 35.7 Å². The lowest BCUT2D eigenvalue weighted by molar-refractivity contribution is 0.197. The van der Waals surface area contributed by atoms with Gasteiger partial charge in [-0.2, -0.15) is 10.1 Å². The quantitative estimate of drug-likeness (QED) is 0.636. The van der Waals surface area contributed by atoms with E-state index in [-0.39, 0.29) is 0 Å².